The molecule has 0 saturated carbocycles. The number of fused-ring (bicyclic) bond motifs is 3. The molecule has 3 aromatic carbocycles. The van der Waals surface area contributed by atoms with Crippen molar-refractivity contribution in [1.82, 2.24) is 5.73 Å². The summed E-state index contributed by atoms with van der Waals surface area (Å²) >= 11 is 0. The third kappa shape index (κ3) is 1.17. The van der Waals surface area contributed by atoms with Gasteiger partial charge in [-0.05, 0) is 22.2 Å². The Morgan fingerprint density at radius 2 is 1.27 bits per heavy atom. The van der Waals surface area contributed by atoms with E-state index in [4.69, 9.17) is 5.73 Å². The summed E-state index contributed by atoms with van der Waals surface area (Å²) in [5.74, 6) is 0. The monoisotopic (exact) mass is 192 g/mol. The number of hydrogen-bond acceptors (Lipinski definition) is 0. The molecule has 0 spiro atoms. The van der Waals surface area contributed by atoms with Gasteiger partial charge in [-0.3, -0.25) is 0 Å². The summed E-state index contributed by atoms with van der Waals surface area (Å²) in [5, 5.41) is 4.56. The molecule has 0 aliphatic heterocycles. The SMILES string of the molecule is [NH]c1cc2ccccc2c2ccccc12. The first-order valence-electron chi connectivity index (χ1n) is 4.98. The van der Waals surface area contributed by atoms with E-state index in [1.807, 2.05) is 36.4 Å². The van der Waals surface area contributed by atoms with Gasteiger partial charge in [0.2, 0.25) is 0 Å². The summed E-state index contributed by atoms with van der Waals surface area (Å²) in [6.07, 6.45) is 0. The van der Waals surface area contributed by atoms with Crippen LogP contribution in [0, 0.1) is 0 Å². The highest BCUT2D eigenvalue weighted by Crippen LogP contribution is 2.30. The van der Waals surface area contributed by atoms with Gasteiger partial charge in [0, 0.05) is 5.39 Å². The maximum absolute atomic E-state index is 7.95. The van der Waals surface area contributed by atoms with Crippen LogP contribution in [0.25, 0.3) is 21.5 Å². The number of hydrogen-bond donors (Lipinski definition) is 0. The van der Waals surface area contributed by atoms with Crippen LogP contribution in [0.1, 0.15) is 0 Å². The van der Waals surface area contributed by atoms with E-state index < -0.39 is 0 Å². The fourth-order valence-corrected chi connectivity index (χ4v) is 2.05. The molecular formula is C14H10N. The Hall–Kier alpha value is -2.02. The topological polar surface area (TPSA) is 23.8 Å². The molecule has 1 N–H and O–H groups in total. The molecule has 1 nitrogen and oxygen atoms in total. The minimum absolute atomic E-state index is 0.601. The molecule has 1 radical (unpaired) electrons. The summed E-state index contributed by atoms with van der Waals surface area (Å²) in [7, 11) is 0. The van der Waals surface area contributed by atoms with Gasteiger partial charge in [0.25, 0.3) is 0 Å². The van der Waals surface area contributed by atoms with Gasteiger partial charge in [-0.1, -0.05) is 48.5 Å². The molecule has 0 bridgehead atoms. The first-order chi connectivity index (χ1) is 7.36. The van der Waals surface area contributed by atoms with Crippen LogP contribution >= 0.6 is 0 Å². The van der Waals surface area contributed by atoms with Crippen LogP contribution in [0.15, 0.2) is 54.6 Å². The average Bonchev–Trinajstić information content (AvgIpc) is 2.30. The van der Waals surface area contributed by atoms with Crippen molar-refractivity contribution >= 4 is 27.2 Å². The van der Waals surface area contributed by atoms with Crippen molar-refractivity contribution in [3.8, 4) is 0 Å². The van der Waals surface area contributed by atoms with Gasteiger partial charge in [0.05, 0.1) is 5.69 Å². The highest BCUT2D eigenvalue weighted by atomic mass is 14.5. The second-order valence-corrected chi connectivity index (χ2v) is 3.69. The standard InChI is InChI=1S/C14H10N/c15-14-9-10-5-1-2-6-11(10)12-7-3-4-8-13(12)14/h1-9,15H. The highest BCUT2D eigenvalue weighted by molar-refractivity contribution is 6.11. The fraction of sp³-hybridized carbons (Fsp3) is 0. The first kappa shape index (κ1) is 8.30. The predicted octanol–water partition coefficient (Wildman–Crippen LogP) is 3.91. The Morgan fingerprint density at radius 1 is 0.667 bits per heavy atom. The van der Waals surface area contributed by atoms with Crippen LogP contribution in [-0.4, -0.2) is 0 Å². The van der Waals surface area contributed by atoms with Gasteiger partial charge in [-0.25, -0.2) is 0 Å². The van der Waals surface area contributed by atoms with Crippen molar-refractivity contribution in [2.75, 3.05) is 0 Å². The zero-order valence-electron chi connectivity index (χ0n) is 8.20. The minimum Gasteiger partial charge on any atom is -0.300 e. The summed E-state index contributed by atoms with van der Waals surface area (Å²) in [6, 6.07) is 18.2. The number of benzene rings is 3. The molecule has 0 unspecified atom stereocenters. The van der Waals surface area contributed by atoms with E-state index >= 15 is 0 Å². The van der Waals surface area contributed by atoms with Crippen LogP contribution in [0.4, 0.5) is 5.69 Å². The van der Waals surface area contributed by atoms with Crippen molar-refractivity contribution in [3.05, 3.63) is 54.6 Å². The van der Waals surface area contributed by atoms with E-state index in [0.29, 0.717) is 5.69 Å². The van der Waals surface area contributed by atoms with Gasteiger partial charge in [0.1, 0.15) is 0 Å². The second-order valence-electron chi connectivity index (χ2n) is 3.69. The van der Waals surface area contributed by atoms with E-state index in [0.717, 1.165) is 10.8 Å². The van der Waals surface area contributed by atoms with E-state index in [9.17, 15) is 0 Å². The van der Waals surface area contributed by atoms with E-state index in [2.05, 4.69) is 18.2 Å². The Labute approximate surface area is 88.1 Å². The van der Waals surface area contributed by atoms with Crippen molar-refractivity contribution in [2.24, 2.45) is 0 Å². The van der Waals surface area contributed by atoms with E-state index in [-0.39, 0.29) is 0 Å². The number of nitrogens with one attached hydrogen (secondary N) is 1. The lowest BCUT2D eigenvalue weighted by Gasteiger charge is -2.05. The van der Waals surface area contributed by atoms with Gasteiger partial charge >= 0.3 is 0 Å². The van der Waals surface area contributed by atoms with Gasteiger partial charge in [-0.15, -0.1) is 0 Å². The molecule has 0 amide bonds. The van der Waals surface area contributed by atoms with E-state index in [1.54, 1.807) is 0 Å². The molecule has 71 valence electrons. The molecule has 3 rings (SSSR count). The molecule has 0 saturated heterocycles. The fourth-order valence-electron chi connectivity index (χ4n) is 2.05. The molecule has 1 heteroatoms. The Morgan fingerprint density at radius 3 is 2.07 bits per heavy atom. The van der Waals surface area contributed by atoms with Crippen molar-refractivity contribution in [3.63, 3.8) is 0 Å². The Balaban J connectivity index is 2.64. The zero-order chi connectivity index (χ0) is 10.3. The third-order valence-electron chi connectivity index (χ3n) is 2.77. The van der Waals surface area contributed by atoms with Gasteiger partial charge in [-0.2, -0.15) is 0 Å². The summed E-state index contributed by atoms with van der Waals surface area (Å²) < 4.78 is 0. The maximum Gasteiger partial charge on any atom is 0.0624 e. The lowest BCUT2D eigenvalue weighted by Crippen LogP contribution is -1.79. The maximum atomic E-state index is 7.95. The quantitative estimate of drug-likeness (QED) is 0.482. The van der Waals surface area contributed by atoms with Crippen LogP contribution in [0.3, 0.4) is 0 Å². The Bertz CT molecular complexity index is 641. The van der Waals surface area contributed by atoms with Crippen LogP contribution in [0.2, 0.25) is 0 Å². The first-order valence-corrected chi connectivity index (χ1v) is 4.98. The second kappa shape index (κ2) is 2.99. The smallest absolute Gasteiger partial charge is 0.0624 e. The van der Waals surface area contributed by atoms with Gasteiger partial charge in [0.15, 0.2) is 0 Å². The third-order valence-corrected chi connectivity index (χ3v) is 2.77. The zero-order valence-corrected chi connectivity index (χ0v) is 8.20. The molecule has 3 aromatic rings. The molecule has 0 fully saturated rings. The number of rotatable bonds is 0. The molecule has 15 heavy (non-hydrogen) atoms. The lowest BCUT2D eigenvalue weighted by molar-refractivity contribution is 1.54. The minimum atomic E-state index is 0.601. The highest BCUT2D eigenvalue weighted by Gasteiger charge is 2.02. The predicted molar refractivity (Wildman–Crippen MR) is 64.2 cm³/mol. The Kier molecular flexibility index (Phi) is 1.65. The molecule has 0 aromatic heterocycles. The molecule has 0 aliphatic rings. The summed E-state index contributed by atoms with van der Waals surface area (Å²) in [5.41, 5.74) is 8.55. The molecule has 0 atom stereocenters. The van der Waals surface area contributed by atoms with Crippen molar-refractivity contribution in [2.45, 2.75) is 0 Å². The van der Waals surface area contributed by atoms with Crippen molar-refractivity contribution in [1.29, 1.82) is 0 Å². The van der Waals surface area contributed by atoms with Crippen LogP contribution in [-0.2, 0) is 0 Å². The lowest BCUT2D eigenvalue weighted by atomic mass is 10.0. The van der Waals surface area contributed by atoms with Crippen LogP contribution in [0.5, 0.6) is 0 Å². The average molecular weight is 192 g/mol. The van der Waals surface area contributed by atoms with Gasteiger partial charge < -0.3 is 5.73 Å². The van der Waals surface area contributed by atoms with Crippen LogP contribution < -0.4 is 5.73 Å². The summed E-state index contributed by atoms with van der Waals surface area (Å²) in [4.78, 5) is 0. The molecule has 0 aliphatic carbocycles. The largest absolute Gasteiger partial charge is 0.300 e. The summed E-state index contributed by atoms with van der Waals surface area (Å²) in [6.45, 7) is 0. The molecule has 0 heterocycles. The normalized spacial score (nSPS) is 10.9. The molecular weight excluding hydrogens is 182 g/mol. The van der Waals surface area contributed by atoms with Crippen molar-refractivity contribution < 1.29 is 0 Å². The van der Waals surface area contributed by atoms with E-state index in [1.165, 1.54) is 10.8 Å².